The number of esters is 1. The summed E-state index contributed by atoms with van der Waals surface area (Å²) < 4.78 is 5.47. The second kappa shape index (κ2) is 56.9. The average molecular weight is 945 g/mol. The molecule has 0 saturated carbocycles. The van der Waals surface area contributed by atoms with E-state index in [0.29, 0.717) is 25.9 Å². The fourth-order valence-electron chi connectivity index (χ4n) is 9.38. The Labute approximate surface area is 418 Å². The molecule has 0 bridgehead atoms. The van der Waals surface area contributed by atoms with Gasteiger partial charge in [-0.05, 0) is 57.8 Å². The van der Waals surface area contributed by atoms with Gasteiger partial charge in [0.25, 0.3) is 0 Å². The lowest BCUT2D eigenvalue weighted by molar-refractivity contribution is -0.143. The molecule has 0 aliphatic rings. The third-order valence-corrected chi connectivity index (χ3v) is 14.0. The Morgan fingerprint density at radius 3 is 1.15 bits per heavy atom. The fraction of sp³-hybridized carbons (Fsp3) is 0.902. The van der Waals surface area contributed by atoms with Crippen molar-refractivity contribution in [2.24, 2.45) is 0 Å². The van der Waals surface area contributed by atoms with Crippen molar-refractivity contribution in [2.75, 3.05) is 13.2 Å². The first kappa shape index (κ1) is 65.3. The number of hydrogen-bond donors (Lipinski definition) is 3. The molecule has 396 valence electrons. The van der Waals surface area contributed by atoms with Gasteiger partial charge in [-0.2, -0.15) is 0 Å². The van der Waals surface area contributed by atoms with Crippen molar-refractivity contribution < 1.29 is 24.5 Å². The minimum Gasteiger partial charge on any atom is -0.466 e. The van der Waals surface area contributed by atoms with Crippen LogP contribution in [0.25, 0.3) is 0 Å². The molecule has 2 unspecified atom stereocenters. The van der Waals surface area contributed by atoms with E-state index in [2.05, 4.69) is 43.5 Å². The summed E-state index contributed by atoms with van der Waals surface area (Å²) in [6.07, 6.45) is 68.8. The molecule has 0 heterocycles. The number of hydrogen-bond acceptors (Lipinski definition) is 5. The minimum atomic E-state index is -0.671. The SMILES string of the molecule is CCCCCC/C=C\C/C=C\CCCCCCCC(=O)OCCCCCCCCCCCCCCCCCC(=O)NC(CO)C(O)CCCCCCCCCCCCCCCCCCCCC. The predicted molar refractivity (Wildman–Crippen MR) is 292 cm³/mol. The summed E-state index contributed by atoms with van der Waals surface area (Å²) in [5.74, 6) is -0.0534. The van der Waals surface area contributed by atoms with Crippen molar-refractivity contribution in [3.63, 3.8) is 0 Å². The lowest BCUT2D eigenvalue weighted by atomic mass is 10.0. The molecule has 0 aromatic carbocycles. The van der Waals surface area contributed by atoms with Crippen LogP contribution >= 0.6 is 0 Å². The van der Waals surface area contributed by atoms with Crippen LogP contribution in [0, 0.1) is 0 Å². The van der Waals surface area contributed by atoms with Crippen LogP contribution in [0.15, 0.2) is 24.3 Å². The summed E-state index contributed by atoms with van der Waals surface area (Å²) in [5, 5.41) is 23.3. The summed E-state index contributed by atoms with van der Waals surface area (Å²) >= 11 is 0. The van der Waals surface area contributed by atoms with Crippen molar-refractivity contribution in [2.45, 2.75) is 341 Å². The number of unbranched alkanes of at least 4 members (excludes halogenated alkanes) is 41. The first-order valence-electron chi connectivity index (χ1n) is 30.1. The molecule has 0 aromatic heterocycles. The van der Waals surface area contributed by atoms with Gasteiger partial charge in [-0.1, -0.05) is 282 Å². The van der Waals surface area contributed by atoms with Gasteiger partial charge in [0.15, 0.2) is 0 Å². The van der Waals surface area contributed by atoms with Crippen LogP contribution in [0.2, 0.25) is 0 Å². The van der Waals surface area contributed by atoms with Gasteiger partial charge in [-0.15, -0.1) is 0 Å². The molecule has 2 atom stereocenters. The maximum Gasteiger partial charge on any atom is 0.305 e. The van der Waals surface area contributed by atoms with E-state index in [-0.39, 0.29) is 18.5 Å². The van der Waals surface area contributed by atoms with Crippen LogP contribution in [0.3, 0.4) is 0 Å². The Kier molecular flexibility index (Phi) is 55.5. The van der Waals surface area contributed by atoms with E-state index in [4.69, 9.17) is 4.74 Å². The van der Waals surface area contributed by atoms with Gasteiger partial charge in [0.2, 0.25) is 5.91 Å². The maximum atomic E-state index is 12.5. The minimum absolute atomic E-state index is 0.0121. The normalized spacial score (nSPS) is 12.7. The Hall–Kier alpha value is -1.66. The largest absolute Gasteiger partial charge is 0.466 e. The van der Waals surface area contributed by atoms with E-state index in [1.54, 1.807) is 0 Å². The Balaban J connectivity index is 3.44. The molecular formula is C61H117NO5. The number of rotatable bonds is 56. The number of carbonyl (C=O) groups is 2. The first-order chi connectivity index (χ1) is 33.0. The second-order valence-electron chi connectivity index (χ2n) is 20.7. The molecule has 0 rings (SSSR count). The zero-order valence-electron chi connectivity index (χ0n) is 45.1. The third kappa shape index (κ3) is 53.5. The highest BCUT2D eigenvalue weighted by molar-refractivity contribution is 5.76. The molecule has 3 N–H and O–H groups in total. The van der Waals surface area contributed by atoms with Crippen molar-refractivity contribution >= 4 is 11.9 Å². The van der Waals surface area contributed by atoms with Crippen LogP contribution in [0.5, 0.6) is 0 Å². The average Bonchev–Trinajstić information content (AvgIpc) is 3.33. The van der Waals surface area contributed by atoms with Gasteiger partial charge < -0.3 is 20.3 Å². The van der Waals surface area contributed by atoms with Crippen molar-refractivity contribution in [1.29, 1.82) is 0 Å². The highest BCUT2D eigenvalue weighted by Crippen LogP contribution is 2.18. The van der Waals surface area contributed by atoms with Crippen LogP contribution in [-0.4, -0.2) is 47.4 Å². The molecule has 0 fully saturated rings. The van der Waals surface area contributed by atoms with Crippen LogP contribution in [-0.2, 0) is 14.3 Å². The zero-order chi connectivity index (χ0) is 48.6. The summed E-state index contributed by atoms with van der Waals surface area (Å²) in [5.41, 5.74) is 0. The molecule has 0 saturated heterocycles. The predicted octanol–water partition coefficient (Wildman–Crippen LogP) is 18.6. The Morgan fingerprint density at radius 2 is 0.746 bits per heavy atom. The summed E-state index contributed by atoms with van der Waals surface area (Å²) in [7, 11) is 0. The highest BCUT2D eigenvalue weighted by atomic mass is 16.5. The molecule has 6 nitrogen and oxygen atoms in total. The monoisotopic (exact) mass is 944 g/mol. The highest BCUT2D eigenvalue weighted by Gasteiger charge is 2.20. The van der Waals surface area contributed by atoms with Crippen LogP contribution in [0.4, 0.5) is 0 Å². The van der Waals surface area contributed by atoms with Crippen molar-refractivity contribution in [1.82, 2.24) is 5.32 Å². The third-order valence-electron chi connectivity index (χ3n) is 14.0. The topological polar surface area (TPSA) is 95.9 Å². The molecular weight excluding hydrogens is 827 g/mol. The number of aliphatic hydroxyl groups excluding tert-OH is 2. The molecule has 1 amide bonds. The van der Waals surface area contributed by atoms with Crippen LogP contribution < -0.4 is 5.32 Å². The number of allylic oxidation sites excluding steroid dienone is 4. The van der Waals surface area contributed by atoms with E-state index in [0.717, 1.165) is 57.8 Å². The zero-order valence-corrected chi connectivity index (χ0v) is 45.1. The lowest BCUT2D eigenvalue weighted by Gasteiger charge is -2.22. The van der Waals surface area contributed by atoms with Gasteiger partial charge in [0.05, 0.1) is 25.4 Å². The Bertz CT molecular complexity index is 1040. The number of carbonyl (C=O) groups excluding carboxylic acids is 2. The van der Waals surface area contributed by atoms with E-state index < -0.39 is 12.1 Å². The lowest BCUT2D eigenvalue weighted by Crippen LogP contribution is -2.45. The number of ether oxygens (including phenoxy) is 1. The van der Waals surface area contributed by atoms with Crippen LogP contribution in [0.1, 0.15) is 328 Å². The smallest absolute Gasteiger partial charge is 0.305 e. The summed E-state index contributed by atoms with van der Waals surface area (Å²) in [6, 6.07) is -0.549. The van der Waals surface area contributed by atoms with Gasteiger partial charge in [0, 0.05) is 12.8 Å². The van der Waals surface area contributed by atoms with E-state index >= 15 is 0 Å². The standard InChI is InChI=1S/C61H117NO5/c1-3-5-7-9-11-13-15-17-19-21-22-23-25-29-33-37-41-45-49-53-59(64)58(57-63)62-60(65)54-50-46-42-38-34-30-26-24-28-32-36-40-44-48-52-56-67-61(66)55-51-47-43-39-35-31-27-20-18-16-14-12-10-8-6-4-2/h14,16,20,27,58-59,63-64H,3-13,15,17-19,21-26,28-57H2,1-2H3,(H,62,65)/b16-14-,27-20-. The fourth-order valence-corrected chi connectivity index (χ4v) is 9.38. The second-order valence-corrected chi connectivity index (χ2v) is 20.7. The van der Waals surface area contributed by atoms with Gasteiger partial charge in [-0.25, -0.2) is 0 Å². The molecule has 0 aromatic rings. The Morgan fingerprint density at radius 1 is 0.418 bits per heavy atom. The number of amides is 1. The van der Waals surface area contributed by atoms with E-state index in [9.17, 15) is 19.8 Å². The molecule has 6 heteroatoms. The molecule has 0 spiro atoms. The van der Waals surface area contributed by atoms with Gasteiger partial charge >= 0.3 is 5.97 Å². The summed E-state index contributed by atoms with van der Waals surface area (Å²) in [4.78, 5) is 24.6. The molecule has 67 heavy (non-hydrogen) atoms. The van der Waals surface area contributed by atoms with E-state index in [1.807, 2.05) is 0 Å². The van der Waals surface area contributed by atoms with Crippen molar-refractivity contribution in [3.05, 3.63) is 24.3 Å². The van der Waals surface area contributed by atoms with Crippen molar-refractivity contribution in [3.8, 4) is 0 Å². The molecule has 0 aliphatic carbocycles. The quantitative estimate of drug-likeness (QED) is 0.0321. The molecule has 0 aliphatic heterocycles. The van der Waals surface area contributed by atoms with Gasteiger partial charge in [-0.3, -0.25) is 9.59 Å². The van der Waals surface area contributed by atoms with Gasteiger partial charge in [0.1, 0.15) is 0 Å². The maximum absolute atomic E-state index is 12.5. The molecule has 0 radical (unpaired) electrons. The summed E-state index contributed by atoms with van der Waals surface area (Å²) in [6.45, 7) is 4.93. The van der Waals surface area contributed by atoms with E-state index in [1.165, 1.54) is 238 Å². The first-order valence-corrected chi connectivity index (χ1v) is 30.1. The number of aliphatic hydroxyl groups is 2. The number of nitrogens with one attached hydrogen (secondary N) is 1.